The lowest BCUT2D eigenvalue weighted by Crippen LogP contribution is -2.61. The molecule has 6 aromatic rings. The molecule has 14 atom stereocenters. The summed E-state index contributed by atoms with van der Waals surface area (Å²) < 4.78 is 0. The molecular formula is C92H122N18O21S. The van der Waals surface area contributed by atoms with Gasteiger partial charge in [0.05, 0.1) is 31.7 Å². The average Bonchev–Trinajstić information content (AvgIpc) is 1.12. The molecule has 40 heteroatoms. The molecular weight excluding hydrogens is 1730 g/mol. The molecule has 1 aromatic heterocycles. The van der Waals surface area contributed by atoms with Crippen molar-refractivity contribution in [1.82, 2.24) is 83.9 Å². The number of aliphatic hydroxyl groups excluding tert-OH is 1. The van der Waals surface area contributed by atoms with Crippen LogP contribution >= 0.6 is 11.8 Å². The van der Waals surface area contributed by atoms with E-state index in [4.69, 9.17) is 11.5 Å². The third-order valence-corrected chi connectivity index (χ3v) is 22.9. The van der Waals surface area contributed by atoms with E-state index in [9.17, 15) is 72.9 Å². The van der Waals surface area contributed by atoms with Crippen LogP contribution in [0.4, 0.5) is 0 Å². The van der Waals surface area contributed by atoms with Crippen molar-refractivity contribution in [3.63, 3.8) is 0 Å². The van der Waals surface area contributed by atoms with Gasteiger partial charge in [-0.05, 0) is 108 Å². The number of aromatic nitrogens is 1. The van der Waals surface area contributed by atoms with Gasteiger partial charge in [0.25, 0.3) is 0 Å². The van der Waals surface area contributed by atoms with E-state index in [2.05, 4.69) is 74.1 Å². The summed E-state index contributed by atoms with van der Waals surface area (Å²) in [6.45, 7) is 13.7. The van der Waals surface area contributed by atoms with Gasteiger partial charge in [-0.15, -0.1) is 11.8 Å². The Bertz CT molecular complexity index is 5080. The summed E-state index contributed by atoms with van der Waals surface area (Å²) in [6.07, 6.45) is -1.89. The largest absolute Gasteiger partial charge is 0.508 e. The minimum Gasteiger partial charge on any atom is -0.508 e. The van der Waals surface area contributed by atoms with Gasteiger partial charge in [0.1, 0.15) is 90.3 Å². The van der Waals surface area contributed by atoms with Crippen LogP contribution in [0.2, 0.25) is 0 Å². The summed E-state index contributed by atoms with van der Waals surface area (Å²) >= 11 is 0.703. The molecule has 0 aliphatic carbocycles. The van der Waals surface area contributed by atoms with E-state index < -0.39 is 253 Å². The molecule has 2 heterocycles. The second kappa shape index (κ2) is 50.4. The maximum absolute atomic E-state index is 15.5. The van der Waals surface area contributed by atoms with Crippen LogP contribution in [0.25, 0.3) is 22.0 Å². The first-order valence-electron chi connectivity index (χ1n) is 43.3. The fourth-order valence-electron chi connectivity index (χ4n) is 14.4. The number of nitrogens with one attached hydrogen (secondary N) is 14. The number of aromatic amines is 1. The van der Waals surface area contributed by atoms with Crippen LogP contribution < -0.4 is 80.6 Å². The number of aliphatic carboxylic acids is 1. The SMILES string of the molecule is CC(C)C[C@@H]1NC(=O)[C@H](Cc2cccc3[nH]ccc23)NC(=O)[C@H](CC(=O)O)NC(=O)[C@H](Cc2ccc(O)cc2)NC(=O)[C@H](Cc2ccccc2)NC(=O)CSC[C@@H](C(=O)N[C@@H](C)C(N)=O)NC(=O)[C@H](CO)NC(=O)[C@H](C(C)C)NC(=O)[C@H](CC(C)C)NC(=O)[C@H](CC(N)=O)NC(=O)CN(C)C(=O)[C@H](C)N(C)C(=O)[C@H](C(C)C)NC(=O)[C@H](Cc2ccc(-c3ccccc3)cc2)NC1=O. The molecule has 1 fully saturated rings. The fourth-order valence-corrected chi connectivity index (χ4v) is 15.3. The van der Waals surface area contributed by atoms with Crippen molar-refractivity contribution in [3.05, 3.63) is 162 Å². The van der Waals surface area contributed by atoms with Crippen LogP contribution in [0, 0.1) is 23.7 Å². The van der Waals surface area contributed by atoms with Crippen LogP contribution in [-0.4, -0.2) is 260 Å². The van der Waals surface area contributed by atoms with Gasteiger partial charge in [0.2, 0.25) is 100 Å². The van der Waals surface area contributed by atoms with E-state index in [1.165, 1.54) is 66.1 Å². The normalized spacial score (nSPS) is 23.1. The van der Waals surface area contributed by atoms with Crippen LogP contribution in [-0.2, 0) is 112 Å². The van der Waals surface area contributed by atoms with Crippen molar-refractivity contribution in [3.8, 4) is 16.9 Å². The molecule has 17 amide bonds. The zero-order valence-corrected chi connectivity index (χ0v) is 76.6. The number of hydrogen-bond donors (Lipinski definition) is 19. The molecule has 1 aliphatic rings. The zero-order valence-electron chi connectivity index (χ0n) is 75.8. The number of fused-ring (bicyclic) bond motifs is 1. The molecule has 39 nitrogen and oxygen atoms in total. The van der Waals surface area contributed by atoms with Crippen molar-refractivity contribution < 1.29 is 102 Å². The molecule has 0 radical (unpaired) electrons. The Morgan fingerprint density at radius 3 is 1.40 bits per heavy atom. The molecule has 5 aromatic carbocycles. The van der Waals surface area contributed by atoms with Crippen molar-refractivity contribution in [1.29, 1.82) is 0 Å². The van der Waals surface area contributed by atoms with Gasteiger partial charge in [0, 0.05) is 62.6 Å². The summed E-state index contributed by atoms with van der Waals surface area (Å²) in [7, 11) is 2.47. The Morgan fingerprint density at radius 1 is 0.455 bits per heavy atom. The highest BCUT2D eigenvalue weighted by molar-refractivity contribution is 8.00. The number of nitrogens with zero attached hydrogens (tertiary/aromatic N) is 2. The zero-order chi connectivity index (χ0) is 97.5. The molecule has 1 aliphatic heterocycles. The quantitative estimate of drug-likeness (QED) is 0.0381. The van der Waals surface area contributed by atoms with Crippen LogP contribution in [0.15, 0.2) is 140 Å². The highest BCUT2D eigenvalue weighted by Crippen LogP contribution is 2.24. The number of carbonyl (C=O) groups excluding carboxylic acids is 17. The third kappa shape index (κ3) is 32.4. The van der Waals surface area contributed by atoms with Crippen molar-refractivity contribution in [2.24, 2.45) is 35.1 Å². The second-order valence-electron chi connectivity index (χ2n) is 34.3. The van der Waals surface area contributed by atoms with Crippen molar-refractivity contribution >= 4 is 129 Å². The number of primary amides is 2. The van der Waals surface area contributed by atoms with Gasteiger partial charge in [-0.1, -0.05) is 165 Å². The lowest BCUT2D eigenvalue weighted by atomic mass is 9.97. The standard InChI is InChI=1S/C92H122N18O21S/c1-48(2)36-63-80(119)102-67(39-55-26-30-58(31-27-55)57-22-17-14-18-23-57)87(126)108-78(51(7)8)92(131)110(12)53(10)91(130)109(11)44-74(114)97-69(42-73(93)113)84(123)100-64(37-49(3)4)86(125)107-77(50(5)6)90(129)105-71(45-111)88(127)106-72(89(128)96-52(9)79(94)118)46-132-47-75(115)98-65(38-54-20-15-13-16-21-54)81(120)101-66(40-56-28-32-60(112)33-29-56)82(121)104-70(43-76(116)117)85(124)103-68(83(122)99-63)41-59-24-19-25-62-61(59)34-35-95-62/h13-35,48-53,63-72,77-78,95,111-112H,36-47H2,1-12H3,(H2,93,113)(H2,94,118)(H,96,128)(H,97,114)(H,98,115)(H,99,122)(H,100,123)(H,101,120)(H,102,119)(H,103,124)(H,104,121)(H,105,129)(H,106,127)(H,107,125)(H,108,126)(H,116,117)/t52-,53-,63-,64-,65-,66-,67-,68-,69-,70-,71-,72-,77-,78-/m0/s1. The number of H-pyrrole nitrogens is 1. The van der Waals surface area contributed by atoms with Crippen molar-refractivity contribution in [2.45, 2.75) is 205 Å². The number of thioether (sulfide) groups is 1. The first kappa shape index (κ1) is 105. The number of hydrogen-bond acceptors (Lipinski definition) is 21. The van der Waals surface area contributed by atoms with Crippen molar-refractivity contribution in [2.75, 3.05) is 38.8 Å². The number of likely N-dealkylation sites (N-methyl/N-ethyl adjacent to an activating group) is 2. The number of phenols is 1. The molecule has 712 valence electrons. The fraction of sp³-hybridized carbons (Fsp3) is 0.457. The molecule has 1 saturated heterocycles. The lowest BCUT2D eigenvalue weighted by molar-refractivity contribution is -0.147. The van der Waals surface area contributed by atoms with Gasteiger partial charge in [-0.2, -0.15) is 0 Å². The molecule has 0 bridgehead atoms. The van der Waals surface area contributed by atoms with Gasteiger partial charge in [0.15, 0.2) is 0 Å². The van der Waals surface area contributed by atoms with Gasteiger partial charge < -0.3 is 111 Å². The van der Waals surface area contributed by atoms with E-state index in [0.29, 0.717) is 44.9 Å². The summed E-state index contributed by atoms with van der Waals surface area (Å²) in [5.41, 5.74) is 15.1. The minimum atomic E-state index is -2.06. The number of carbonyl (C=O) groups is 18. The summed E-state index contributed by atoms with van der Waals surface area (Å²) in [4.78, 5) is 263. The number of benzene rings is 5. The number of amides is 17. The number of aliphatic hydroxyl groups is 1. The van der Waals surface area contributed by atoms with E-state index >= 15 is 28.8 Å². The molecule has 0 unspecified atom stereocenters. The number of carboxylic acid groups (broad SMARTS) is 1. The molecule has 0 saturated carbocycles. The molecule has 132 heavy (non-hydrogen) atoms. The van der Waals surface area contributed by atoms with Gasteiger partial charge >= 0.3 is 5.97 Å². The van der Waals surface area contributed by atoms with E-state index in [0.717, 1.165) is 20.9 Å². The number of phenolic OH excluding ortho intramolecular Hbond substituents is 1. The summed E-state index contributed by atoms with van der Waals surface area (Å²) in [6, 6.07) is 13.9. The number of aromatic hydroxyl groups is 1. The average molecular weight is 1850 g/mol. The van der Waals surface area contributed by atoms with Crippen LogP contribution in [0.5, 0.6) is 5.75 Å². The van der Waals surface area contributed by atoms with Gasteiger partial charge in [-0.3, -0.25) is 86.3 Å². The topological polar surface area (TPSA) is 599 Å². The number of rotatable bonds is 23. The Kier molecular flexibility index (Phi) is 40.2. The van der Waals surface area contributed by atoms with E-state index in [1.807, 2.05) is 30.3 Å². The minimum absolute atomic E-state index is 0.120. The smallest absolute Gasteiger partial charge is 0.305 e. The predicted octanol–water partition coefficient (Wildman–Crippen LogP) is -0.583. The maximum Gasteiger partial charge on any atom is 0.305 e. The van der Waals surface area contributed by atoms with Gasteiger partial charge in [-0.25, -0.2) is 0 Å². The second-order valence-corrected chi connectivity index (χ2v) is 35.3. The highest BCUT2D eigenvalue weighted by Gasteiger charge is 2.41. The molecule has 21 N–H and O–H groups in total. The van der Waals surface area contributed by atoms with Crippen LogP contribution in [0.3, 0.4) is 0 Å². The lowest BCUT2D eigenvalue weighted by Gasteiger charge is -2.33. The Labute approximate surface area is 768 Å². The predicted molar refractivity (Wildman–Crippen MR) is 488 cm³/mol. The first-order chi connectivity index (χ1) is 62.4. The van der Waals surface area contributed by atoms with Crippen LogP contribution in [0.1, 0.15) is 117 Å². The Hall–Kier alpha value is -13.8. The summed E-state index contributed by atoms with van der Waals surface area (Å²) in [5.74, 6) is -22.7. The number of carboxylic acids is 1. The Morgan fingerprint density at radius 2 is 0.886 bits per heavy atom. The van der Waals surface area contributed by atoms with E-state index in [-0.39, 0.29) is 43.8 Å². The monoisotopic (exact) mass is 1850 g/mol. The third-order valence-electron chi connectivity index (χ3n) is 21.8. The Balaban J connectivity index is 1.31. The maximum atomic E-state index is 15.5. The highest BCUT2D eigenvalue weighted by atomic mass is 32.2. The molecule has 7 rings (SSSR count). The molecule has 0 spiro atoms. The first-order valence-corrected chi connectivity index (χ1v) is 44.5. The number of nitrogens with two attached hydrogens (primary N) is 2. The summed E-state index contributed by atoms with van der Waals surface area (Å²) in [5, 5.41) is 65.4. The van der Waals surface area contributed by atoms with E-state index in [1.54, 1.807) is 127 Å².